The lowest BCUT2D eigenvalue weighted by Crippen LogP contribution is -2.17. The Kier molecular flexibility index (Phi) is 1.33. The lowest BCUT2D eigenvalue weighted by molar-refractivity contribution is 0.679. The van der Waals surface area contributed by atoms with E-state index in [2.05, 4.69) is 5.87 Å². The minimum Gasteiger partial charge on any atom is -0.260 e. The normalized spacial score (nSPS) is 27.1. The fourth-order valence-electron chi connectivity index (χ4n) is 0.683. The van der Waals surface area contributed by atoms with Gasteiger partial charge in [0.05, 0.1) is 0 Å². The van der Waals surface area contributed by atoms with Crippen molar-refractivity contribution in [3.63, 3.8) is 0 Å². The fraction of sp³-hybridized carbons (Fsp3) is 0.800. The Morgan fingerprint density at radius 1 is 1.75 bits per heavy atom. The maximum absolute atomic E-state index is 10.7. The zero-order valence-electron chi connectivity index (χ0n) is 4.80. The predicted octanol–water partition coefficient (Wildman–Crippen LogP) is -0.0135. The van der Waals surface area contributed by atoms with Crippen LogP contribution in [0, 0.1) is 5.92 Å². The van der Waals surface area contributed by atoms with Crippen LogP contribution in [-0.2, 0) is 9.71 Å². The molecule has 0 bridgehead atoms. The Labute approximate surface area is 50.2 Å². The summed E-state index contributed by atoms with van der Waals surface area (Å²) in [6.45, 7) is 0. The zero-order valence-corrected chi connectivity index (χ0v) is 5.62. The Balaban J connectivity index is 2.38. The van der Waals surface area contributed by atoms with Crippen LogP contribution in [0.3, 0.4) is 0 Å². The smallest absolute Gasteiger partial charge is 0.0315 e. The second-order valence-electron chi connectivity index (χ2n) is 2.48. The van der Waals surface area contributed by atoms with Crippen molar-refractivity contribution in [3.05, 3.63) is 0 Å². The van der Waals surface area contributed by atoms with Crippen LogP contribution in [0.1, 0.15) is 12.8 Å². The molecule has 1 saturated carbocycles. The van der Waals surface area contributed by atoms with E-state index in [0.717, 1.165) is 0 Å². The Hall–Kier alpha value is -0.0200. The molecule has 0 amide bonds. The lowest BCUT2D eigenvalue weighted by Gasteiger charge is -1.96. The minimum absolute atomic E-state index is 0.630. The molecule has 0 saturated heterocycles. The van der Waals surface area contributed by atoms with E-state index < -0.39 is 9.71 Å². The molecule has 1 aliphatic carbocycles. The van der Waals surface area contributed by atoms with Crippen LogP contribution >= 0.6 is 0 Å². The van der Waals surface area contributed by atoms with E-state index in [0.29, 0.717) is 11.7 Å². The third-order valence-electron chi connectivity index (χ3n) is 1.21. The van der Waals surface area contributed by atoms with Gasteiger partial charge in [0.2, 0.25) is 0 Å². The van der Waals surface area contributed by atoms with E-state index in [4.69, 9.17) is 5.14 Å². The molecule has 0 radical (unpaired) electrons. The quantitative estimate of drug-likeness (QED) is 0.529. The number of rotatable bonds is 2. The van der Waals surface area contributed by atoms with E-state index >= 15 is 0 Å². The first-order chi connectivity index (χ1) is 3.58. The molecule has 1 aliphatic rings. The van der Waals surface area contributed by atoms with Crippen LogP contribution in [0.5, 0.6) is 0 Å². The number of hydrogen-bond acceptors (Lipinski definition) is 1. The predicted molar refractivity (Wildman–Crippen MR) is 37.0 cm³/mol. The summed E-state index contributed by atoms with van der Waals surface area (Å²) in [5, 5.41) is 5.19. The molecule has 0 aromatic heterocycles. The van der Waals surface area contributed by atoms with Gasteiger partial charge in [-0.05, 0) is 24.6 Å². The first-order valence-corrected chi connectivity index (χ1v) is 4.66. The standard InChI is InChI=1S/C5H11NOS/c1-8(6,7)4-5-2-3-5/h5H,1-4H2,(H2,6,7). The van der Waals surface area contributed by atoms with Gasteiger partial charge >= 0.3 is 0 Å². The van der Waals surface area contributed by atoms with Gasteiger partial charge in [0.25, 0.3) is 0 Å². The van der Waals surface area contributed by atoms with Crippen molar-refractivity contribution in [3.8, 4) is 0 Å². The molecule has 1 fully saturated rings. The van der Waals surface area contributed by atoms with Crippen molar-refractivity contribution < 1.29 is 4.21 Å². The van der Waals surface area contributed by atoms with Crippen LogP contribution in [0.15, 0.2) is 0 Å². The van der Waals surface area contributed by atoms with Gasteiger partial charge in [-0.1, -0.05) is 0 Å². The number of nitrogens with two attached hydrogens (primary N) is 1. The monoisotopic (exact) mass is 133 g/mol. The van der Waals surface area contributed by atoms with Gasteiger partial charge in [0.15, 0.2) is 0 Å². The van der Waals surface area contributed by atoms with Crippen molar-refractivity contribution in [2.24, 2.45) is 11.1 Å². The molecular formula is C5H11NOS. The molecule has 1 rings (SSSR count). The van der Waals surface area contributed by atoms with Crippen molar-refractivity contribution in [2.75, 3.05) is 5.75 Å². The van der Waals surface area contributed by atoms with Crippen LogP contribution in [0.2, 0.25) is 0 Å². The number of hydrogen-bond donors (Lipinski definition) is 1. The molecule has 0 aliphatic heterocycles. The molecule has 0 aromatic rings. The van der Waals surface area contributed by atoms with Crippen LogP contribution in [-0.4, -0.2) is 15.8 Å². The molecule has 8 heavy (non-hydrogen) atoms. The van der Waals surface area contributed by atoms with Crippen molar-refractivity contribution in [1.82, 2.24) is 0 Å². The highest BCUT2D eigenvalue weighted by Gasteiger charge is 2.23. The average Bonchev–Trinajstić information content (AvgIpc) is 2.12. The fourth-order valence-corrected chi connectivity index (χ4v) is 1.81. The van der Waals surface area contributed by atoms with Gasteiger partial charge in [-0.2, -0.15) is 0 Å². The van der Waals surface area contributed by atoms with Gasteiger partial charge in [-0.3, -0.25) is 9.35 Å². The van der Waals surface area contributed by atoms with Gasteiger partial charge in [-0.25, -0.2) is 0 Å². The molecule has 1 unspecified atom stereocenters. The summed E-state index contributed by atoms with van der Waals surface area (Å²) >= 11 is 0. The van der Waals surface area contributed by atoms with E-state index in [-0.39, 0.29) is 0 Å². The van der Waals surface area contributed by atoms with E-state index in [1.807, 2.05) is 0 Å². The minimum atomic E-state index is -2.16. The molecule has 0 spiro atoms. The third-order valence-corrected chi connectivity index (χ3v) is 2.25. The Morgan fingerprint density at radius 3 is 2.38 bits per heavy atom. The van der Waals surface area contributed by atoms with Crippen LogP contribution in [0.25, 0.3) is 0 Å². The topological polar surface area (TPSA) is 43.1 Å². The maximum atomic E-state index is 10.7. The molecule has 0 heterocycles. The van der Waals surface area contributed by atoms with Gasteiger partial charge in [0, 0.05) is 15.5 Å². The van der Waals surface area contributed by atoms with E-state index in [1.54, 1.807) is 0 Å². The average molecular weight is 133 g/mol. The second kappa shape index (κ2) is 1.74. The summed E-state index contributed by atoms with van der Waals surface area (Å²) in [7, 11) is -2.16. The molecule has 1 atom stereocenters. The summed E-state index contributed by atoms with van der Waals surface area (Å²) in [4.78, 5) is 0. The highest BCUT2D eigenvalue weighted by molar-refractivity contribution is 7.98. The summed E-state index contributed by atoms with van der Waals surface area (Å²) in [5.41, 5.74) is 0. The van der Waals surface area contributed by atoms with Gasteiger partial charge < -0.3 is 0 Å². The van der Waals surface area contributed by atoms with Crippen LogP contribution in [0.4, 0.5) is 0 Å². The summed E-state index contributed by atoms with van der Waals surface area (Å²) in [6, 6.07) is 0. The van der Waals surface area contributed by atoms with Crippen molar-refractivity contribution >= 4 is 15.6 Å². The first kappa shape index (κ1) is 6.11. The van der Waals surface area contributed by atoms with Crippen LogP contribution < -0.4 is 5.14 Å². The van der Waals surface area contributed by atoms with E-state index in [1.165, 1.54) is 12.8 Å². The molecule has 2 nitrogen and oxygen atoms in total. The second-order valence-corrected chi connectivity index (χ2v) is 4.55. The van der Waals surface area contributed by atoms with Gasteiger partial charge in [0.1, 0.15) is 0 Å². The molecular weight excluding hydrogens is 122 g/mol. The molecule has 48 valence electrons. The highest BCUT2D eigenvalue weighted by Crippen LogP contribution is 2.29. The van der Waals surface area contributed by atoms with Crippen molar-refractivity contribution in [1.29, 1.82) is 0 Å². The largest absolute Gasteiger partial charge is 0.260 e. The molecule has 0 aromatic carbocycles. The lowest BCUT2D eigenvalue weighted by atomic mass is 10.5. The van der Waals surface area contributed by atoms with Gasteiger partial charge in [-0.15, -0.1) is 0 Å². The molecule has 3 heteroatoms. The Morgan fingerprint density at radius 2 is 2.25 bits per heavy atom. The first-order valence-electron chi connectivity index (χ1n) is 2.70. The maximum Gasteiger partial charge on any atom is 0.0315 e. The highest BCUT2D eigenvalue weighted by atomic mass is 32.2. The SMILES string of the molecule is C=S(N)(=O)CC1CC1. The summed E-state index contributed by atoms with van der Waals surface area (Å²) in [6.07, 6.45) is 2.40. The summed E-state index contributed by atoms with van der Waals surface area (Å²) < 4.78 is 10.7. The Bertz CT molecular complexity index is 167. The zero-order chi connectivity index (χ0) is 6.20. The summed E-state index contributed by atoms with van der Waals surface area (Å²) in [5.74, 6) is 4.62. The molecule has 2 N–H and O–H groups in total. The van der Waals surface area contributed by atoms with Crippen molar-refractivity contribution in [2.45, 2.75) is 12.8 Å². The third kappa shape index (κ3) is 2.33. The van der Waals surface area contributed by atoms with E-state index in [9.17, 15) is 4.21 Å².